The summed E-state index contributed by atoms with van der Waals surface area (Å²) < 4.78 is 4.52. The number of hydrogen-bond acceptors (Lipinski definition) is 2. The third-order valence-electron chi connectivity index (χ3n) is 0.533. The van der Waals surface area contributed by atoms with Gasteiger partial charge in [-0.05, 0) is 0 Å². The van der Waals surface area contributed by atoms with Gasteiger partial charge in [0.15, 0.2) is 0 Å². The summed E-state index contributed by atoms with van der Waals surface area (Å²) in [6.45, 7) is 1.77. The molecule has 0 aromatic heterocycles. The van der Waals surface area contributed by atoms with E-state index in [0.29, 0.717) is 12.8 Å². The molecule has 0 heterocycles. The SMILES string of the molecule is CCC(=O)OCP. The molecule has 0 fully saturated rings. The normalized spacial score (nSPS) is 8.29. The Balaban J connectivity index is 3.00. The van der Waals surface area contributed by atoms with E-state index in [1.54, 1.807) is 6.92 Å². The lowest BCUT2D eigenvalue weighted by atomic mass is 10.5. The largest absolute Gasteiger partial charge is 0.462 e. The van der Waals surface area contributed by atoms with Crippen molar-refractivity contribution in [3.05, 3.63) is 0 Å². The molecule has 0 amide bonds. The monoisotopic (exact) mass is 120 g/mol. The summed E-state index contributed by atoms with van der Waals surface area (Å²) in [6, 6.07) is 0. The van der Waals surface area contributed by atoms with Crippen molar-refractivity contribution in [2.45, 2.75) is 13.3 Å². The molecular formula is C4H9O2P. The van der Waals surface area contributed by atoms with Gasteiger partial charge >= 0.3 is 5.97 Å². The summed E-state index contributed by atoms with van der Waals surface area (Å²) >= 11 is 0. The molecule has 0 spiro atoms. The van der Waals surface area contributed by atoms with Crippen LogP contribution in [0, 0.1) is 0 Å². The van der Waals surface area contributed by atoms with E-state index in [0.717, 1.165) is 0 Å². The average molecular weight is 120 g/mol. The van der Waals surface area contributed by atoms with Crippen molar-refractivity contribution in [2.75, 3.05) is 6.35 Å². The molecule has 2 nitrogen and oxygen atoms in total. The molecule has 3 heteroatoms. The van der Waals surface area contributed by atoms with E-state index >= 15 is 0 Å². The Kier molecular flexibility index (Phi) is 4.01. The quantitative estimate of drug-likeness (QED) is 0.397. The maximum absolute atomic E-state index is 10.2. The Morgan fingerprint density at radius 1 is 1.86 bits per heavy atom. The minimum atomic E-state index is -0.144. The van der Waals surface area contributed by atoms with E-state index < -0.39 is 0 Å². The second kappa shape index (κ2) is 4.07. The smallest absolute Gasteiger partial charge is 0.305 e. The maximum atomic E-state index is 10.2. The van der Waals surface area contributed by atoms with Crippen molar-refractivity contribution in [1.82, 2.24) is 0 Å². The first-order chi connectivity index (χ1) is 3.31. The van der Waals surface area contributed by atoms with Gasteiger partial charge in [0.1, 0.15) is 6.35 Å². The summed E-state index contributed by atoms with van der Waals surface area (Å²) in [4.78, 5) is 10.2. The Morgan fingerprint density at radius 2 is 2.43 bits per heavy atom. The van der Waals surface area contributed by atoms with Crippen LogP contribution in [0.25, 0.3) is 0 Å². The van der Waals surface area contributed by atoms with Gasteiger partial charge in [0.25, 0.3) is 0 Å². The lowest BCUT2D eigenvalue weighted by Crippen LogP contribution is -1.98. The first-order valence-corrected chi connectivity index (χ1v) is 2.98. The predicted molar refractivity (Wildman–Crippen MR) is 31.0 cm³/mol. The Hall–Kier alpha value is -0.100. The van der Waals surface area contributed by atoms with Crippen LogP contribution in [0.15, 0.2) is 0 Å². The molecule has 0 aromatic rings. The molecule has 0 aliphatic carbocycles. The summed E-state index contributed by atoms with van der Waals surface area (Å²) in [5, 5.41) is 0. The topological polar surface area (TPSA) is 26.3 Å². The molecule has 0 aliphatic heterocycles. The van der Waals surface area contributed by atoms with Crippen LogP contribution in [0.2, 0.25) is 0 Å². The number of hydrogen-bond donors (Lipinski definition) is 0. The highest BCUT2D eigenvalue weighted by molar-refractivity contribution is 7.16. The zero-order chi connectivity index (χ0) is 5.70. The van der Waals surface area contributed by atoms with Crippen LogP contribution >= 0.6 is 9.24 Å². The number of rotatable bonds is 2. The van der Waals surface area contributed by atoms with Crippen molar-refractivity contribution < 1.29 is 9.53 Å². The fourth-order valence-corrected chi connectivity index (χ4v) is 0.381. The first-order valence-electron chi connectivity index (χ1n) is 2.17. The van der Waals surface area contributed by atoms with E-state index in [1.165, 1.54) is 0 Å². The van der Waals surface area contributed by atoms with Gasteiger partial charge in [0.2, 0.25) is 0 Å². The van der Waals surface area contributed by atoms with E-state index in [1.807, 2.05) is 0 Å². The number of carbonyl (C=O) groups is 1. The number of ether oxygens (including phenoxy) is 1. The second-order valence-electron chi connectivity index (χ2n) is 1.04. The van der Waals surface area contributed by atoms with E-state index in [4.69, 9.17) is 0 Å². The fourth-order valence-electron chi connectivity index (χ4n) is 0.195. The molecule has 0 N–H and O–H groups in total. The minimum Gasteiger partial charge on any atom is -0.462 e. The van der Waals surface area contributed by atoms with Crippen molar-refractivity contribution in [3.8, 4) is 0 Å². The molecule has 0 aliphatic rings. The van der Waals surface area contributed by atoms with Gasteiger partial charge in [-0.25, -0.2) is 0 Å². The number of carbonyl (C=O) groups excluding carboxylic acids is 1. The Bertz CT molecular complexity index is 62.7. The summed E-state index contributed by atoms with van der Waals surface area (Å²) in [5.41, 5.74) is 0. The second-order valence-corrected chi connectivity index (χ2v) is 1.37. The average Bonchev–Trinajstić information content (AvgIpc) is 1.68. The zero-order valence-electron chi connectivity index (χ0n) is 4.31. The number of esters is 1. The first kappa shape index (κ1) is 6.90. The van der Waals surface area contributed by atoms with Crippen LogP contribution in [0.5, 0.6) is 0 Å². The molecule has 0 saturated heterocycles. The minimum absolute atomic E-state index is 0.144. The molecule has 1 unspecified atom stereocenters. The summed E-state index contributed by atoms with van der Waals surface area (Å²) in [6.07, 6.45) is 0.876. The van der Waals surface area contributed by atoms with Crippen molar-refractivity contribution >= 4 is 15.2 Å². The van der Waals surface area contributed by atoms with E-state index in [9.17, 15) is 4.79 Å². The molecule has 0 bridgehead atoms. The van der Waals surface area contributed by atoms with Crippen molar-refractivity contribution in [3.63, 3.8) is 0 Å². The summed E-state index contributed by atoms with van der Waals surface area (Å²) in [7, 11) is 2.31. The highest BCUT2D eigenvalue weighted by Crippen LogP contribution is 1.86. The van der Waals surface area contributed by atoms with Gasteiger partial charge < -0.3 is 4.74 Å². The third-order valence-corrected chi connectivity index (χ3v) is 0.700. The molecule has 42 valence electrons. The van der Waals surface area contributed by atoms with Crippen LogP contribution in [-0.4, -0.2) is 12.3 Å². The van der Waals surface area contributed by atoms with Gasteiger partial charge in [-0.1, -0.05) is 16.2 Å². The Labute approximate surface area is 45.4 Å². The van der Waals surface area contributed by atoms with Crippen LogP contribution in [-0.2, 0) is 9.53 Å². The van der Waals surface area contributed by atoms with E-state index in [-0.39, 0.29) is 5.97 Å². The van der Waals surface area contributed by atoms with Crippen LogP contribution in [0.4, 0.5) is 0 Å². The van der Waals surface area contributed by atoms with Crippen molar-refractivity contribution in [1.29, 1.82) is 0 Å². The van der Waals surface area contributed by atoms with Gasteiger partial charge in [-0.3, -0.25) is 4.79 Å². The predicted octanol–water partition coefficient (Wildman–Crippen LogP) is 0.772. The standard InChI is InChI=1S/C4H9O2P/c1-2-4(5)6-3-7/h2-3,7H2,1H3. The van der Waals surface area contributed by atoms with Crippen molar-refractivity contribution in [2.24, 2.45) is 0 Å². The highest BCUT2D eigenvalue weighted by Gasteiger charge is 1.91. The summed E-state index contributed by atoms with van der Waals surface area (Å²) in [5.74, 6) is -0.144. The van der Waals surface area contributed by atoms with Crippen LogP contribution < -0.4 is 0 Å². The molecule has 0 saturated carbocycles. The Morgan fingerprint density at radius 3 is 2.57 bits per heavy atom. The van der Waals surface area contributed by atoms with Crippen LogP contribution in [0.1, 0.15) is 13.3 Å². The molecular weight excluding hydrogens is 111 g/mol. The third kappa shape index (κ3) is 3.74. The van der Waals surface area contributed by atoms with Gasteiger partial charge in [-0.15, -0.1) is 0 Å². The lowest BCUT2D eigenvalue weighted by molar-refractivity contribution is -0.141. The molecule has 7 heavy (non-hydrogen) atoms. The van der Waals surface area contributed by atoms with Gasteiger partial charge in [0, 0.05) is 6.42 Å². The highest BCUT2D eigenvalue weighted by atomic mass is 31.0. The van der Waals surface area contributed by atoms with Gasteiger partial charge in [-0.2, -0.15) is 0 Å². The van der Waals surface area contributed by atoms with Crippen LogP contribution in [0.3, 0.4) is 0 Å². The van der Waals surface area contributed by atoms with E-state index in [2.05, 4.69) is 14.0 Å². The fraction of sp³-hybridized carbons (Fsp3) is 0.750. The molecule has 1 atom stereocenters. The lowest BCUT2D eigenvalue weighted by Gasteiger charge is -1.93. The maximum Gasteiger partial charge on any atom is 0.305 e. The molecule has 0 aromatic carbocycles. The molecule has 0 radical (unpaired) electrons. The zero-order valence-corrected chi connectivity index (χ0v) is 5.46. The van der Waals surface area contributed by atoms with Gasteiger partial charge in [0.05, 0.1) is 0 Å². The molecule has 0 rings (SSSR count).